The molecule has 0 saturated heterocycles. The second-order valence-electron chi connectivity index (χ2n) is 8.62. The molecule has 0 saturated carbocycles. The highest BCUT2D eigenvalue weighted by molar-refractivity contribution is 7.73. The van der Waals surface area contributed by atoms with Crippen LogP contribution in [-0.4, -0.2) is 52.4 Å². The highest BCUT2D eigenvalue weighted by atomic mass is 31.2. The van der Waals surface area contributed by atoms with Gasteiger partial charge in [0.1, 0.15) is 23.1 Å². The number of benzene rings is 2. The van der Waals surface area contributed by atoms with Crippen molar-refractivity contribution in [3.05, 3.63) is 61.2 Å². The number of hydrogen-bond donors (Lipinski definition) is 0. The number of anilines is 2. The summed E-state index contributed by atoms with van der Waals surface area (Å²) in [5.74, 6) is 3.00. The quantitative estimate of drug-likeness (QED) is 0.353. The molecular formula is C23H24N6O2P2. The van der Waals surface area contributed by atoms with Crippen LogP contribution in [0.15, 0.2) is 61.2 Å². The van der Waals surface area contributed by atoms with Crippen molar-refractivity contribution in [3.63, 3.8) is 0 Å². The molecule has 10 heteroatoms. The zero-order chi connectivity index (χ0) is 23.1. The van der Waals surface area contributed by atoms with Crippen LogP contribution in [0.4, 0.5) is 11.4 Å². The Kier molecular flexibility index (Phi) is 4.12. The molecule has 4 aromatic rings. The topological polar surface area (TPSA) is 68.4 Å². The first-order valence-electron chi connectivity index (χ1n) is 10.5. The van der Waals surface area contributed by atoms with E-state index in [-0.39, 0.29) is 0 Å². The zero-order valence-corrected chi connectivity index (χ0v) is 20.7. The maximum atomic E-state index is 13.3. The zero-order valence-electron chi connectivity index (χ0n) is 18.9. The largest absolute Gasteiger partial charge is 0.457 e. The molecule has 8 nitrogen and oxygen atoms in total. The van der Waals surface area contributed by atoms with Gasteiger partial charge in [0.05, 0.1) is 18.6 Å². The third kappa shape index (κ3) is 2.74. The van der Waals surface area contributed by atoms with E-state index in [1.54, 1.807) is 23.4 Å². The van der Waals surface area contributed by atoms with Crippen LogP contribution in [0.1, 0.15) is 0 Å². The van der Waals surface area contributed by atoms with E-state index in [0.29, 0.717) is 11.6 Å². The summed E-state index contributed by atoms with van der Waals surface area (Å²) in [6.07, 6.45) is 11.8. The lowest BCUT2D eigenvalue weighted by Crippen LogP contribution is -2.23. The number of rotatable bonds is 2. The van der Waals surface area contributed by atoms with Crippen molar-refractivity contribution >= 4 is 32.3 Å². The smallest absolute Gasteiger partial charge is 0.264 e. The number of ether oxygens (including phenoxy) is 1. The minimum absolute atomic E-state index is 0.687. The van der Waals surface area contributed by atoms with E-state index in [0.717, 1.165) is 34.1 Å². The van der Waals surface area contributed by atoms with Gasteiger partial charge in [0, 0.05) is 56.7 Å². The average molecular weight is 478 g/mol. The third-order valence-electron chi connectivity index (χ3n) is 6.66. The maximum absolute atomic E-state index is 13.3. The lowest BCUT2D eigenvalue weighted by Gasteiger charge is -2.39. The summed E-state index contributed by atoms with van der Waals surface area (Å²) in [4.78, 5) is 9.06. The van der Waals surface area contributed by atoms with Crippen LogP contribution in [0, 0.1) is 0 Å². The molecule has 33 heavy (non-hydrogen) atoms. The van der Waals surface area contributed by atoms with Gasteiger partial charge in [-0.2, -0.15) is 0 Å². The van der Waals surface area contributed by atoms with Crippen molar-refractivity contribution in [2.75, 3.05) is 36.8 Å². The predicted octanol–water partition coefficient (Wildman–Crippen LogP) is 5.53. The van der Waals surface area contributed by atoms with Crippen molar-refractivity contribution in [2.24, 2.45) is 0 Å². The minimum Gasteiger partial charge on any atom is -0.457 e. The number of hydrogen-bond acceptors (Lipinski definition) is 5. The summed E-state index contributed by atoms with van der Waals surface area (Å²) in [7, 11) is -0.605. The maximum Gasteiger partial charge on any atom is 0.264 e. The fourth-order valence-electron chi connectivity index (χ4n) is 4.56. The summed E-state index contributed by atoms with van der Waals surface area (Å²) >= 11 is 0. The summed E-state index contributed by atoms with van der Waals surface area (Å²) in [5.41, 5.74) is 3.87. The molecule has 0 radical (unpaired) electrons. The Bertz CT molecular complexity index is 1420. The third-order valence-corrected chi connectivity index (χ3v) is 11.9. The van der Waals surface area contributed by atoms with Crippen LogP contribution < -0.4 is 14.1 Å². The summed E-state index contributed by atoms with van der Waals surface area (Å²) in [6, 6.07) is 11.9. The van der Waals surface area contributed by atoms with Crippen molar-refractivity contribution in [1.82, 2.24) is 18.6 Å². The van der Waals surface area contributed by atoms with Gasteiger partial charge in [-0.25, -0.2) is 9.97 Å². The molecule has 2 aliphatic rings. The van der Waals surface area contributed by atoms with Crippen LogP contribution in [0.2, 0.25) is 0 Å². The van der Waals surface area contributed by atoms with E-state index in [4.69, 9.17) is 4.74 Å². The average Bonchev–Trinajstić information content (AvgIpc) is 3.47. The van der Waals surface area contributed by atoms with E-state index in [1.807, 2.05) is 54.4 Å². The molecule has 2 aromatic heterocycles. The predicted molar refractivity (Wildman–Crippen MR) is 136 cm³/mol. The summed E-state index contributed by atoms with van der Waals surface area (Å²) in [5, 5.41) is 0. The van der Waals surface area contributed by atoms with Gasteiger partial charge in [0.2, 0.25) is 0 Å². The normalized spacial score (nSPS) is 22.9. The van der Waals surface area contributed by atoms with E-state index >= 15 is 0 Å². The molecule has 0 amide bonds. The van der Waals surface area contributed by atoms with Crippen molar-refractivity contribution < 1.29 is 9.30 Å². The van der Waals surface area contributed by atoms with Gasteiger partial charge in [0.15, 0.2) is 0 Å². The monoisotopic (exact) mass is 478 g/mol. The Morgan fingerprint density at radius 3 is 1.94 bits per heavy atom. The van der Waals surface area contributed by atoms with Gasteiger partial charge in [-0.15, -0.1) is 0 Å². The molecule has 6 rings (SSSR count). The van der Waals surface area contributed by atoms with Crippen LogP contribution in [0.3, 0.4) is 0 Å². The molecule has 0 bridgehead atoms. The summed E-state index contributed by atoms with van der Waals surface area (Å²) < 4.78 is 27.6. The molecule has 0 aliphatic carbocycles. The number of aromatic nitrogens is 4. The molecule has 2 unspecified atom stereocenters. The van der Waals surface area contributed by atoms with Crippen LogP contribution in [-0.2, 0) is 4.57 Å². The molecule has 2 atom stereocenters. The molecule has 0 spiro atoms. The van der Waals surface area contributed by atoms with Crippen LogP contribution >= 0.6 is 14.6 Å². The molecular weight excluding hydrogens is 454 g/mol. The van der Waals surface area contributed by atoms with E-state index in [1.165, 1.54) is 0 Å². The first kappa shape index (κ1) is 20.4. The van der Waals surface area contributed by atoms with Crippen molar-refractivity contribution in [3.8, 4) is 34.3 Å². The van der Waals surface area contributed by atoms with Gasteiger partial charge in [-0.3, -0.25) is 13.2 Å². The SMILES string of the molecule is C=P1(C)N(C)c2ccc(Oc3ccc4c(c3)-c3nccn3P(C)(=O)N4C)cc2-c2nccn21. The van der Waals surface area contributed by atoms with E-state index in [9.17, 15) is 4.57 Å². The Labute approximate surface area is 192 Å². The van der Waals surface area contributed by atoms with Crippen LogP contribution in [0.25, 0.3) is 22.8 Å². The summed E-state index contributed by atoms with van der Waals surface area (Å²) in [6.45, 7) is 3.92. The Hall–Kier alpha value is -3.21. The van der Waals surface area contributed by atoms with E-state index in [2.05, 4.69) is 45.1 Å². The molecule has 0 N–H and O–H groups in total. The fourth-order valence-corrected chi connectivity index (χ4v) is 8.09. The molecule has 2 aromatic carbocycles. The highest BCUT2D eigenvalue weighted by Crippen LogP contribution is 2.58. The molecule has 168 valence electrons. The second-order valence-corrected chi connectivity index (χ2v) is 14.5. The van der Waals surface area contributed by atoms with Gasteiger partial charge in [-0.05, 0) is 43.1 Å². The highest BCUT2D eigenvalue weighted by Gasteiger charge is 2.35. The number of imidazole rings is 2. The lowest BCUT2D eigenvalue weighted by molar-refractivity contribution is 0.483. The van der Waals surface area contributed by atoms with Gasteiger partial charge in [0.25, 0.3) is 7.44 Å². The first-order valence-corrected chi connectivity index (χ1v) is 14.9. The second kappa shape index (κ2) is 6.66. The Balaban J connectivity index is 1.40. The standard InChI is InChI=1S/C23H24N6O2P2/c1-26-20-8-6-16(14-18(20)22-24-10-12-28(22)32(26,3)4)31-17-7-9-21-19(15-17)23-25-11-13-29(23)33(5,30)27(21)2/h6-15H,3H2,1-2,4-5H3. The molecule has 0 fully saturated rings. The molecule has 2 aliphatic heterocycles. The van der Waals surface area contributed by atoms with Gasteiger partial charge < -0.3 is 14.1 Å². The first-order chi connectivity index (χ1) is 15.7. The number of fused-ring (bicyclic) bond motifs is 6. The van der Waals surface area contributed by atoms with Crippen molar-refractivity contribution in [2.45, 2.75) is 0 Å². The molecule has 4 heterocycles. The number of nitrogens with zero attached hydrogens (tertiary/aromatic N) is 6. The van der Waals surface area contributed by atoms with Crippen molar-refractivity contribution in [1.29, 1.82) is 0 Å². The van der Waals surface area contributed by atoms with Crippen LogP contribution in [0.5, 0.6) is 11.5 Å². The lowest BCUT2D eigenvalue weighted by atomic mass is 10.1. The van der Waals surface area contributed by atoms with Gasteiger partial charge >= 0.3 is 0 Å². The Morgan fingerprint density at radius 1 is 0.818 bits per heavy atom. The van der Waals surface area contributed by atoms with Gasteiger partial charge in [-0.1, -0.05) is 6.30 Å². The fraction of sp³-hybridized carbons (Fsp3) is 0.174. The minimum atomic E-state index is -2.76. The van der Waals surface area contributed by atoms with E-state index < -0.39 is 14.6 Å². The Morgan fingerprint density at radius 2 is 1.33 bits per heavy atom.